The number of para-hydroxylation sites is 1. The van der Waals surface area contributed by atoms with Crippen LogP contribution in [0.4, 0.5) is 5.69 Å². The highest BCUT2D eigenvalue weighted by molar-refractivity contribution is 7.99. The van der Waals surface area contributed by atoms with Crippen molar-refractivity contribution in [2.45, 2.75) is 30.4 Å². The Balaban J connectivity index is 1.86. The summed E-state index contributed by atoms with van der Waals surface area (Å²) in [4.78, 5) is 14.4. The number of allylic oxidation sites excluding steroid dienone is 2. The number of rotatable bonds is 3. The van der Waals surface area contributed by atoms with Gasteiger partial charge in [0.15, 0.2) is 11.5 Å². The maximum absolute atomic E-state index is 13.3. The molecule has 0 saturated heterocycles. The van der Waals surface area contributed by atoms with Crippen molar-refractivity contribution in [3.63, 3.8) is 0 Å². The maximum Gasteiger partial charge on any atom is 0.161 e. The molecule has 0 saturated carbocycles. The SMILES string of the molecule is COc1ccc([C@H]2Sc3ccccc3NC3=CC(C)(C)CC(=O)[C@H]32)cc1OC. The quantitative estimate of drug-likeness (QED) is 0.748. The Labute approximate surface area is 170 Å². The van der Waals surface area contributed by atoms with Gasteiger partial charge in [0.1, 0.15) is 5.78 Å². The van der Waals surface area contributed by atoms with E-state index in [2.05, 4.69) is 37.4 Å². The molecule has 5 heteroatoms. The number of carbonyl (C=O) groups is 1. The molecule has 2 aliphatic rings. The normalized spacial score (nSPS) is 22.9. The molecule has 2 aromatic carbocycles. The smallest absolute Gasteiger partial charge is 0.161 e. The minimum Gasteiger partial charge on any atom is -0.493 e. The van der Waals surface area contributed by atoms with Gasteiger partial charge in [0.2, 0.25) is 0 Å². The molecule has 4 rings (SSSR count). The third kappa shape index (κ3) is 3.39. The van der Waals surface area contributed by atoms with Crippen molar-refractivity contribution in [3.05, 3.63) is 59.8 Å². The van der Waals surface area contributed by atoms with Gasteiger partial charge < -0.3 is 14.8 Å². The molecule has 0 radical (unpaired) electrons. The average Bonchev–Trinajstić information content (AvgIpc) is 2.82. The number of fused-ring (bicyclic) bond motifs is 2. The average molecular weight is 396 g/mol. The zero-order valence-electron chi connectivity index (χ0n) is 16.6. The summed E-state index contributed by atoms with van der Waals surface area (Å²) < 4.78 is 10.9. The molecule has 0 spiro atoms. The first kappa shape index (κ1) is 18.9. The molecule has 2 aromatic rings. The van der Waals surface area contributed by atoms with Crippen molar-refractivity contribution >= 4 is 23.2 Å². The van der Waals surface area contributed by atoms with Gasteiger partial charge in [-0.25, -0.2) is 0 Å². The summed E-state index contributed by atoms with van der Waals surface area (Å²) in [6.45, 7) is 4.23. The molecule has 4 nitrogen and oxygen atoms in total. The van der Waals surface area contributed by atoms with Gasteiger partial charge in [-0.05, 0) is 35.2 Å². The van der Waals surface area contributed by atoms with Crippen molar-refractivity contribution in [2.75, 3.05) is 19.5 Å². The molecule has 1 N–H and O–H groups in total. The van der Waals surface area contributed by atoms with Crippen LogP contribution in [0.15, 0.2) is 59.1 Å². The van der Waals surface area contributed by atoms with Crippen LogP contribution in [0, 0.1) is 11.3 Å². The van der Waals surface area contributed by atoms with Crippen LogP contribution >= 0.6 is 11.8 Å². The second kappa shape index (κ2) is 7.21. The molecular weight excluding hydrogens is 370 g/mol. The number of ketones is 1. The summed E-state index contributed by atoms with van der Waals surface area (Å²) in [6, 6.07) is 14.2. The van der Waals surface area contributed by atoms with Crippen LogP contribution in [-0.4, -0.2) is 20.0 Å². The molecule has 0 fully saturated rings. The zero-order valence-corrected chi connectivity index (χ0v) is 17.4. The summed E-state index contributed by atoms with van der Waals surface area (Å²) in [7, 11) is 3.27. The van der Waals surface area contributed by atoms with E-state index in [1.165, 1.54) is 0 Å². The van der Waals surface area contributed by atoms with Crippen LogP contribution in [0.1, 0.15) is 31.1 Å². The van der Waals surface area contributed by atoms with Gasteiger partial charge in [-0.3, -0.25) is 4.79 Å². The Hall–Kier alpha value is -2.40. The number of nitrogens with one attached hydrogen (secondary N) is 1. The third-order valence-electron chi connectivity index (χ3n) is 5.32. The molecule has 28 heavy (non-hydrogen) atoms. The first-order valence-electron chi connectivity index (χ1n) is 9.42. The number of hydrogen-bond donors (Lipinski definition) is 1. The fraction of sp³-hybridized carbons (Fsp3) is 0.348. The molecular formula is C23H25NO3S. The number of Topliss-reactive ketones (excluding diaryl/α,β-unsaturated/α-hetero) is 1. The van der Waals surface area contributed by atoms with Gasteiger partial charge in [0, 0.05) is 22.3 Å². The fourth-order valence-electron chi connectivity index (χ4n) is 4.06. The highest BCUT2D eigenvalue weighted by atomic mass is 32.2. The predicted molar refractivity (Wildman–Crippen MR) is 113 cm³/mol. The standard InChI is InChI=1S/C23H25NO3S/c1-23(2)12-16-21(17(25)13-23)22(28-20-8-6-5-7-15(20)24-16)14-9-10-18(26-3)19(11-14)27-4/h5-12,21-22,24H,13H2,1-4H3/t21-,22+/m0/s1. The van der Waals surface area contributed by atoms with E-state index in [0.29, 0.717) is 17.9 Å². The zero-order chi connectivity index (χ0) is 19.9. The molecule has 1 heterocycles. The van der Waals surface area contributed by atoms with Crippen LogP contribution in [-0.2, 0) is 4.79 Å². The number of benzene rings is 2. The third-order valence-corrected chi connectivity index (χ3v) is 6.73. The molecule has 146 valence electrons. The van der Waals surface area contributed by atoms with E-state index in [-0.39, 0.29) is 22.4 Å². The lowest BCUT2D eigenvalue weighted by Gasteiger charge is -2.35. The minimum absolute atomic E-state index is 0.0363. The Morgan fingerprint density at radius 2 is 1.82 bits per heavy atom. The van der Waals surface area contributed by atoms with Gasteiger partial charge in [-0.1, -0.05) is 38.1 Å². The molecule has 2 atom stereocenters. The van der Waals surface area contributed by atoms with E-state index in [0.717, 1.165) is 21.8 Å². The number of hydrogen-bond acceptors (Lipinski definition) is 5. The van der Waals surface area contributed by atoms with Crippen molar-refractivity contribution in [3.8, 4) is 11.5 Å². The highest BCUT2D eigenvalue weighted by Gasteiger charge is 2.42. The van der Waals surface area contributed by atoms with Crippen LogP contribution < -0.4 is 14.8 Å². The monoisotopic (exact) mass is 395 g/mol. The van der Waals surface area contributed by atoms with Crippen molar-refractivity contribution in [1.29, 1.82) is 0 Å². The number of thioether (sulfide) groups is 1. The Bertz CT molecular complexity index is 951. The summed E-state index contributed by atoms with van der Waals surface area (Å²) in [6.07, 6.45) is 2.78. The lowest BCUT2D eigenvalue weighted by atomic mass is 9.74. The first-order valence-corrected chi connectivity index (χ1v) is 10.3. The second-order valence-electron chi connectivity index (χ2n) is 7.98. The van der Waals surface area contributed by atoms with E-state index in [1.54, 1.807) is 26.0 Å². The number of ether oxygens (including phenoxy) is 2. The van der Waals surface area contributed by atoms with Gasteiger partial charge in [-0.15, -0.1) is 11.8 Å². The topological polar surface area (TPSA) is 47.6 Å². The van der Waals surface area contributed by atoms with Gasteiger partial charge in [0.25, 0.3) is 0 Å². The minimum atomic E-state index is -0.219. The van der Waals surface area contributed by atoms with Crippen molar-refractivity contribution < 1.29 is 14.3 Å². The highest BCUT2D eigenvalue weighted by Crippen LogP contribution is 2.53. The molecule has 0 bridgehead atoms. The summed E-state index contributed by atoms with van der Waals surface area (Å²) in [5.74, 6) is 1.43. The van der Waals surface area contributed by atoms with Gasteiger partial charge in [-0.2, -0.15) is 0 Å². The van der Waals surface area contributed by atoms with Crippen LogP contribution in [0.3, 0.4) is 0 Å². The van der Waals surface area contributed by atoms with E-state index < -0.39 is 0 Å². The second-order valence-corrected chi connectivity index (χ2v) is 9.17. The van der Waals surface area contributed by atoms with Crippen LogP contribution in [0.2, 0.25) is 0 Å². The Morgan fingerprint density at radius 1 is 1.07 bits per heavy atom. The van der Waals surface area contributed by atoms with Crippen LogP contribution in [0.25, 0.3) is 0 Å². The van der Waals surface area contributed by atoms with Gasteiger partial charge >= 0.3 is 0 Å². The number of methoxy groups -OCH3 is 2. The fourth-order valence-corrected chi connectivity index (χ4v) is 5.46. The molecule has 1 aliphatic heterocycles. The summed E-state index contributed by atoms with van der Waals surface area (Å²) in [5, 5.41) is 3.53. The van der Waals surface area contributed by atoms with Crippen molar-refractivity contribution in [2.24, 2.45) is 11.3 Å². The van der Waals surface area contributed by atoms with Gasteiger partial charge in [0.05, 0.1) is 25.8 Å². The number of anilines is 1. The summed E-state index contributed by atoms with van der Waals surface area (Å²) in [5.41, 5.74) is 2.96. The Morgan fingerprint density at radius 3 is 2.57 bits per heavy atom. The van der Waals surface area contributed by atoms with E-state index in [1.807, 2.05) is 30.3 Å². The molecule has 0 amide bonds. The lowest BCUT2D eigenvalue weighted by molar-refractivity contribution is -0.123. The van der Waals surface area contributed by atoms with E-state index >= 15 is 0 Å². The molecule has 0 aromatic heterocycles. The first-order chi connectivity index (χ1) is 13.4. The van der Waals surface area contributed by atoms with E-state index in [9.17, 15) is 4.79 Å². The summed E-state index contributed by atoms with van der Waals surface area (Å²) >= 11 is 1.73. The van der Waals surface area contributed by atoms with Crippen LogP contribution in [0.5, 0.6) is 11.5 Å². The maximum atomic E-state index is 13.3. The lowest BCUT2D eigenvalue weighted by Crippen LogP contribution is -2.34. The van der Waals surface area contributed by atoms with Crippen molar-refractivity contribution in [1.82, 2.24) is 0 Å². The molecule has 1 aliphatic carbocycles. The number of carbonyl (C=O) groups excluding carboxylic acids is 1. The predicted octanol–water partition coefficient (Wildman–Crippen LogP) is 5.46. The Kier molecular flexibility index (Phi) is 4.88. The molecule has 0 unspecified atom stereocenters. The largest absolute Gasteiger partial charge is 0.493 e. The van der Waals surface area contributed by atoms with E-state index in [4.69, 9.17) is 9.47 Å².